The van der Waals surface area contributed by atoms with Gasteiger partial charge in [0, 0.05) is 11.6 Å². The molecule has 0 atom stereocenters. The van der Waals surface area contributed by atoms with Crippen LogP contribution in [0.1, 0.15) is 5.56 Å². The largest absolute Gasteiger partial charge is 0.495 e. The highest BCUT2D eigenvalue weighted by Gasteiger charge is 2.19. The van der Waals surface area contributed by atoms with Gasteiger partial charge in [0.2, 0.25) is 5.88 Å². The average Bonchev–Trinajstić information content (AvgIpc) is 3.29. The predicted octanol–water partition coefficient (Wildman–Crippen LogP) is 5.42. The Morgan fingerprint density at radius 2 is 1.63 bits per heavy atom. The van der Waals surface area contributed by atoms with Crippen molar-refractivity contribution in [2.24, 2.45) is 0 Å². The summed E-state index contributed by atoms with van der Waals surface area (Å²) in [4.78, 5) is 17.3. The molecule has 0 aliphatic heterocycles. The zero-order valence-corrected chi connectivity index (χ0v) is 19.4. The number of rotatable bonds is 7. The highest BCUT2D eigenvalue weighted by Crippen LogP contribution is 2.33. The second-order valence-electron chi connectivity index (χ2n) is 7.98. The van der Waals surface area contributed by atoms with Crippen LogP contribution in [0.4, 0.5) is 5.69 Å². The van der Waals surface area contributed by atoms with E-state index in [0.717, 1.165) is 27.9 Å². The number of nitrogens with one attached hydrogen (secondary N) is 1. The zero-order valence-electron chi connectivity index (χ0n) is 19.4. The molecule has 0 saturated heterocycles. The quantitative estimate of drug-likeness (QED) is 0.348. The third-order valence-corrected chi connectivity index (χ3v) is 5.59. The Morgan fingerprint density at radius 1 is 0.943 bits per heavy atom. The summed E-state index contributed by atoms with van der Waals surface area (Å²) in [6.45, 7) is 1.80. The second-order valence-corrected chi connectivity index (χ2v) is 7.98. The number of aromatic nitrogens is 3. The highest BCUT2D eigenvalue weighted by molar-refractivity contribution is 5.95. The lowest BCUT2D eigenvalue weighted by Crippen LogP contribution is -2.20. The fourth-order valence-corrected chi connectivity index (χ4v) is 3.96. The molecule has 1 amide bonds. The Morgan fingerprint density at radius 3 is 2.37 bits per heavy atom. The maximum absolute atomic E-state index is 12.5. The molecule has 0 radical (unpaired) electrons. The molecule has 0 aliphatic rings. The fraction of sp³-hybridized carbons (Fsp3) is 0.107. The first-order valence-corrected chi connectivity index (χ1v) is 11.2. The molecule has 7 nitrogen and oxygen atoms in total. The van der Waals surface area contributed by atoms with E-state index in [4.69, 9.17) is 19.6 Å². The van der Waals surface area contributed by atoms with Gasteiger partial charge in [-0.2, -0.15) is 10.1 Å². The van der Waals surface area contributed by atoms with Crippen LogP contribution in [-0.2, 0) is 4.79 Å². The number of benzene rings is 3. The van der Waals surface area contributed by atoms with Crippen molar-refractivity contribution in [3.63, 3.8) is 0 Å². The van der Waals surface area contributed by atoms with E-state index in [9.17, 15) is 4.79 Å². The SMILES string of the molecule is COc1ccccc1NC(=O)COc1cc(C)c2c(-c3ccccc3)nn(-c3ccccc3)c2n1. The number of hydrogen-bond acceptors (Lipinski definition) is 5. The Bertz CT molecular complexity index is 1480. The minimum atomic E-state index is -0.310. The van der Waals surface area contributed by atoms with Crippen molar-refractivity contribution in [1.29, 1.82) is 0 Å². The van der Waals surface area contributed by atoms with Crippen molar-refractivity contribution in [3.8, 4) is 28.6 Å². The third kappa shape index (κ3) is 4.56. The number of fused-ring (bicyclic) bond motifs is 1. The van der Waals surface area contributed by atoms with Crippen LogP contribution in [0.3, 0.4) is 0 Å². The van der Waals surface area contributed by atoms with Crippen LogP contribution in [-0.4, -0.2) is 34.4 Å². The normalized spacial score (nSPS) is 10.8. The number of amides is 1. The van der Waals surface area contributed by atoms with Gasteiger partial charge >= 0.3 is 0 Å². The smallest absolute Gasteiger partial charge is 0.262 e. The second kappa shape index (κ2) is 9.69. The summed E-state index contributed by atoms with van der Waals surface area (Å²) in [5.41, 5.74) is 4.93. The minimum Gasteiger partial charge on any atom is -0.495 e. The molecule has 0 saturated carbocycles. The van der Waals surface area contributed by atoms with E-state index in [0.29, 0.717) is 23.0 Å². The van der Waals surface area contributed by atoms with Crippen LogP contribution >= 0.6 is 0 Å². The Kier molecular flexibility index (Phi) is 6.13. The summed E-state index contributed by atoms with van der Waals surface area (Å²) in [6.07, 6.45) is 0. The number of nitrogens with zero attached hydrogens (tertiary/aromatic N) is 3. The monoisotopic (exact) mass is 464 g/mol. The lowest BCUT2D eigenvalue weighted by Gasteiger charge is -2.11. The molecule has 2 aromatic heterocycles. The molecule has 0 spiro atoms. The number of para-hydroxylation sites is 3. The first-order chi connectivity index (χ1) is 17.1. The van der Waals surface area contributed by atoms with Crippen molar-refractivity contribution in [2.45, 2.75) is 6.92 Å². The standard InChI is InChI=1S/C28H24N4O3/c1-19-17-25(35-18-24(33)29-22-15-9-10-16-23(22)34-2)30-28-26(19)27(20-11-5-3-6-12-20)31-32(28)21-13-7-4-8-14-21/h3-17H,18H2,1-2H3,(H,29,33). The van der Waals surface area contributed by atoms with Gasteiger partial charge in [-0.15, -0.1) is 0 Å². The van der Waals surface area contributed by atoms with E-state index in [2.05, 4.69) is 5.32 Å². The minimum absolute atomic E-state index is 0.193. The van der Waals surface area contributed by atoms with Crippen LogP contribution in [0.25, 0.3) is 28.0 Å². The molecule has 2 heterocycles. The number of anilines is 1. The number of ether oxygens (including phenoxy) is 2. The molecule has 35 heavy (non-hydrogen) atoms. The average molecular weight is 465 g/mol. The molecule has 0 unspecified atom stereocenters. The van der Waals surface area contributed by atoms with Crippen LogP contribution in [0.15, 0.2) is 91.0 Å². The molecule has 7 heteroatoms. The first-order valence-electron chi connectivity index (χ1n) is 11.2. The lowest BCUT2D eigenvalue weighted by atomic mass is 10.1. The summed E-state index contributed by atoms with van der Waals surface area (Å²) < 4.78 is 12.9. The number of carbonyl (C=O) groups is 1. The van der Waals surface area contributed by atoms with Gasteiger partial charge in [0.25, 0.3) is 5.91 Å². The fourth-order valence-electron chi connectivity index (χ4n) is 3.96. The highest BCUT2D eigenvalue weighted by atomic mass is 16.5. The van der Waals surface area contributed by atoms with E-state index in [-0.39, 0.29) is 12.5 Å². The zero-order chi connectivity index (χ0) is 24.2. The predicted molar refractivity (Wildman–Crippen MR) is 136 cm³/mol. The first kappa shape index (κ1) is 22.2. The molecule has 5 rings (SSSR count). The van der Waals surface area contributed by atoms with E-state index < -0.39 is 0 Å². The maximum Gasteiger partial charge on any atom is 0.262 e. The van der Waals surface area contributed by atoms with E-state index in [1.54, 1.807) is 19.2 Å². The number of methoxy groups -OCH3 is 1. The molecule has 5 aromatic rings. The van der Waals surface area contributed by atoms with Crippen molar-refractivity contribution in [3.05, 3.63) is 96.6 Å². The maximum atomic E-state index is 12.5. The molecular weight excluding hydrogens is 440 g/mol. The van der Waals surface area contributed by atoms with Crippen LogP contribution in [0.5, 0.6) is 11.6 Å². The van der Waals surface area contributed by atoms with Gasteiger partial charge in [-0.1, -0.05) is 60.7 Å². The Balaban J connectivity index is 1.48. The Hall–Kier alpha value is -4.65. The summed E-state index contributed by atoms with van der Waals surface area (Å²) in [5, 5.41) is 8.66. The van der Waals surface area contributed by atoms with Crippen molar-refractivity contribution >= 4 is 22.6 Å². The van der Waals surface area contributed by atoms with Gasteiger partial charge in [-0.3, -0.25) is 4.79 Å². The van der Waals surface area contributed by atoms with Crippen LogP contribution in [0, 0.1) is 6.92 Å². The molecule has 0 bridgehead atoms. The summed E-state index contributed by atoms with van der Waals surface area (Å²) in [7, 11) is 1.56. The number of aryl methyl sites for hydroxylation is 1. The molecule has 1 N–H and O–H groups in total. The summed E-state index contributed by atoms with van der Waals surface area (Å²) in [5.74, 6) is 0.619. The van der Waals surface area contributed by atoms with Gasteiger partial charge < -0.3 is 14.8 Å². The van der Waals surface area contributed by atoms with Crippen molar-refractivity contribution in [1.82, 2.24) is 14.8 Å². The molecular formula is C28H24N4O3. The van der Waals surface area contributed by atoms with Crippen molar-refractivity contribution < 1.29 is 14.3 Å². The topological polar surface area (TPSA) is 78.3 Å². The molecule has 0 aliphatic carbocycles. The summed E-state index contributed by atoms with van der Waals surface area (Å²) in [6, 6.07) is 28.9. The van der Waals surface area contributed by atoms with Gasteiger partial charge in [0.1, 0.15) is 11.4 Å². The molecule has 174 valence electrons. The van der Waals surface area contributed by atoms with Crippen molar-refractivity contribution in [2.75, 3.05) is 19.0 Å². The molecule has 0 fully saturated rings. The van der Waals surface area contributed by atoms with Gasteiger partial charge in [-0.05, 0) is 36.8 Å². The Labute approximate surface area is 203 Å². The number of carbonyl (C=O) groups excluding carboxylic acids is 1. The van der Waals surface area contributed by atoms with Crippen LogP contribution < -0.4 is 14.8 Å². The van der Waals surface area contributed by atoms with Gasteiger partial charge in [-0.25, -0.2) is 4.68 Å². The number of pyridine rings is 1. The number of hydrogen-bond donors (Lipinski definition) is 1. The molecule has 3 aromatic carbocycles. The third-order valence-electron chi connectivity index (χ3n) is 5.59. The summed E-state index contributed by atoms with van der Waals surface area (Å²) >= 11 is 0. The van der Waals surface area contributed by atoms with Crippen LogP contribution in [0.2, 0.25) is 0 Å². The van der Waals surface area contributed by atoms with Gasteiger partial charge in [0.15, 0.2) is 12.3 Å². The van der Waals surface area contributed by atoms with E-state index in [1.807, 2.05) is 90.5 Å². The van der Waals surface area contributed by atoms with Gasteiger partial charge in [0.05, 0.1) is 23.9 Å². The lowest BCUT2D eigenvalue weighted by molar-refractivity contribution is -0.118. The van der Waals surface area contributed by atoms with E-state index >= 15 is 0 Å². The van der Waals surface area contributed by atoms with E-state index in [1.165, 1.54) is 0 Å².